The Hall–Kier alpha value is -2.42. The predicted octanol–water partition coefficient (Wildman–Crippen LogP) is 4.40. The maximum atomic E-state index is 13.6. The Morgan fingerprint density at radius 1 is 1.18 bits per heavy atom. The number of rotatable bonds is 5. The van der Waals surface area contributed by atoms with Crippen molar-refractivity contribution in [3.05, 3.63) is 63.6 Å². The van der Waals surface area contributed by atoms with Crippen LogP contribution in [0.2, 0.25) is 0 Å². The van der Waals surface area contributed by atoms with Gasteiger partial charge in [0.05, 0.1) is 16.3 Å². The van der Waals surface area contributed by atoms with Gasteiger partial charge in [0.15, 0.2) is 5.16 Å². The molecule has 28 heavy (non-hydrogen) atoms. The minimum atomic E-state index is -0.374. The van der Waals surface area contributed by atoms with Gasteiger partial charge in [0.2, 0.25) is 5.91 Å². The number of benzene rings is 1. The third kappa shape index (κ3) is 3.39. The quantitative estimate of drug-likeness (QED) is 0.379. The molecule has 1 amide bonds. The third-order valence-electron chi connectivity index (χ3n) is 4.28. The molecule has 5 nitrogen and oxygen atoms in total. The Bertz CT molecular complexity index is 1180. The van der Waals surface area contributed by atoms with Crippen LogP contribution in [0.25, 0.3) is 26.3 Å². The van der Waals surface area contributed by atoms with Crippen LogP contribution in [0.1, 0.15) is 6.92 Å². The molecule has 3 aromatic heterocycles. The topological polar surface area (TPSA) is 64.0 Å². The molecule has 1 aromatic carbocycles. The van der Waals surface area contributed by atoms with Crippen molar-refractivity contribution in [2.75, 3.05) is 7.05 Å². The Labute approximate surface area is 174 Å². The van der Waals surface area contributed by atoms with Gasteiger partial charge in [0.25, 0.3) is 5.56 Å². The summed E-state index contributed by atoms with van der Waals surface area (Å²) in [5.74, 6) is -0.107. The molecule has 1 unspecified atom stereocenters. The normalized spacial score (nSPS) is 12.2. The molecule has 4 aromatic rings. The van der Waals surface area contributed by atoms with E-state index in [1.54, 1.807) is 29.9 Å². The molecule has 4 rings (SSSR count). The summed E-state index contributed by atoms with van der Waals surface area (Å²) in [5, 5.41) is 7.39. The van der Waals surface area contributed by atoms with Crippen LogP contribution in [-0.4, -0.2) is 27.8 Å². The maximum absolute atomic E-state index is 13.6. The fraction of sp³-hybridized carbons (Fsp3) is 0.150. The van der Waals surface area contributed by atoms with E-state index in [0.29, 0.717) is 15.4 Å². The van der Waals surface area contributed by atoms with Crippen molar-refractivity contribution in [3.63, 3.8) is 0 Å². The number of para-hydroxylation sites is 1. The standard InChI is InChI=1S/C20H17N3O2S3/c1-12(17(24)21-2)28-20-22-18-16(14(11-27-18)15-9-6-10-26-15)19(25)23(20)13-7-4-3-5-8-13/h3-12H,1-2H3,(H,21,24). The lowest BCUT2D eigenvalue weighted by Crippen LogP contribution is -2.29. The average molecular weight is 428 g/mol. The summed E-state index contributed by atoms with van der Waals surface area (Å²) in [6.45, 7) is 1.81. The molecule has 0 saturated carbocycles. The smallest absolute Gasteiger partial charge is 0.268 e. The SMILES string of the molecule is CNC(=O)C(C)Sc1nc2scc(-c3cccs3)c2c(=O)n1-c1ccccc1. The van der Waals surface area contributed by atoms with Crippen molar-refractivity contribution in [2.45, 2.75) is 17.3 Å². The van der Waals surface area contributed by atoms with E-state index < -0.39 is 0 Å². The van der Waals surface area contributed by atoms with Gasteiger partial charge in [-0.2, -0.15) is 0 Å². The first kappa shape index (κ1) is 18.9. The van der Waals surface area contributed by atoms with Gasteiger partial charge in [-0.1, -0.05) is 36.0 Å². The van der Waals surface area contributed by atoms with Crippen LogP contribution in [-0.2, 0) is 4.79 Å². The second kappa shape index (κ2) is 7.90. The number of nitrogens with one attached hydrogen (secondary N) is 1. The van der Waals surface area contributed by atoms with E-state index >= 15 is 0 Å². The Morgan fingerprint density at radius 2 is 1.96 bits per heavy atom. The molecule has 0 radical (unpaired) electrons. The summed E-state index contributed by atoms with van der Waals surface area (Å²) in [4.78, 5) is 32.1. The fourth-order valence-electron chi connectivity index (χ4n) is 2.88. The summed E-state index contributed by atoms with van der Waals surface area (Å²) < 4.78 is 1.61. The zero-order chi connectivity index (χ0) is 19.7. The highest BCUT2D eigenvalue weighted by molar-refractivity contribution is 8.00. The van der Waals surface area contributed by atoms with E-state index in [1.807, 2.05) is 53.2 Å². The van der Waals surface area contributed by atoms with Crippen molar-refractivity contribution < 1.29 is 4.79 Å². The summed E-state index contributed by atoms with van der Waals surface area (Å²) in [6, 6.07) is 13.4. The Kier molecular flexibility index (Phi) is 5.34. The number of hydrogen-bond donors (Lipinski definition) is 1. The molecule has 8 heteroatoms. The lowest BCUT2D eigenvalue weighted by Gasteiger charge is -2.15. The van der Waals surface area contributed by atoms with Crippen LogP contribution in [0.15, 0.2) is 63.2 Å². The van der Waals surface area contributed by atoms with Crippen LogP contribution < -0.4 is 10.9 Å². The van der Waals surface area contributed by atoms with Gasteiger partial charge in [-0.25, -0.2) is 4.98 Å². The Morgan fingerprint density at radius 3 is 2.64 bits per heavy atom. The first-order chi connectivity index (χ1) is 13.6. The number of thiophene rings is 2. The van der Waals surface area contributed by atoms with Crippen molar-refractivity contribution in [3.8, 4) is 16.1 Å². The number of amides is 1. The summed E-state index contributed by atoms with van der Waals surface area (Å²) in [5.41, 5.74) is 1.53. The third-order valence-corrected chi connectivity index (χ3v) is 7.10. The minimum Gasteiger partial charge on any atom is -0.358 e. The number of thioether (sulfide) groups is 1. The molecular weight excluding hydrogens is 410 g/mol. The maximum Gasteiger partial charge on any atom is 0.268 e. The van der Waals surface area contributed by atoms with Gasteiger partial charge >= 0.3 is 0 Å². The van der Waals surface area contributed by atoms with E-state index in [4.69, 9.17) is 4.98 Å². The van der Waals surface area contributed by atoms with Crippen LogP contribution in [0.5, 0.6) is 0 Å². The first-order valence-corrected chi connectivity index (χ1v) is 11.3. The van der Waals surface area contributed by atoms with Crippen LogP contribution in [0.4, 0.5) is 0 Å². The zero-order valence-electron chi connectivity index (χ0n) is 15.2. The first-order valence-electron chi connectivity index (χ1n) is 8.62. The highest BCUT2D eigenvalue weighted by Crippen LogP contribution is 2.35. The summed E-state index contributed by atoms with van der Waals surface area (Å²) in [6.07, 6.45) is 0. The average Bonchev–Trinajstić information content (AvgIpc) is 3.37. The molecule has 1 atom stereocenters. The number of hydrogen-bond acceptors (Lipinski definition) is 6. The molecule has 0 aliphatic heterocycles. The van der Waals surface area contributed by atoms with Crippen molar-refractivity contribution in [1.82, 2.24) is 14.9 Å². The molecule has 0 aliphatic carbocycles. The summed E-state index contributed by atoms with van der Waals surface area (Å²) >= 11 is 4.34. The van der Waals surface area contributed by atoms with E-state index in [0.717, 1.165) is 16.1 Å². The van der Waals surface area contributed by atoms with Gasteiger partial charge in [-0.15, -0.1) is 22.7 Å². The second-order valence-corrected chi connectivity index (χ2v) is 9.17. The molecule has 0 bridgehead atoms. The number of fused-ring (bicyclic) bond motifs is 1. The highest BCUT2D eigenvalue weighted by atomic mass is 32.2. The lowest BCUT2D eigenvalue weighted by atomic mass is 10.2. The molecule has 0 saturated heterocycles. The van der Waals surface area contributed by atoms with Crippen LogP contribution >= 0.6 is 34.4 Å². The van der Waals surface area contributed by atoms with E-state index in [2.05, 4.69) is 5.32 Å². The largest absolute Gasteiger partial charge is 0.358 e. The van der Waals surface area contributed by atoms with E-state index in [1.165, 1.54) is 23.1 Å². The monoisotopic (exact) mass is 427 g/mol. The second-order valence-electron chi connectivity index (χ2n) is 6.05. The highest BCUT2D eigenvalue weighted by Gasteiger charge is 2.22. The molecule has 0 fully saturated rings. The van der Waals surface area contributed by atoms with Crippen molar-refractivity contribution in [1.29, 1.82) is 0 Å². The molecule has 0 aliphatic rings. The number of aromatic nitrogens is 2. The van der Waals surface area contributed by atoms with Gasteiger partial charge < -0.3 is 5.32 Å². The van der Waals surface area contributed by atoms with Crippen LogP contribution in [0, 0.1) is 0 Å². The Balaban J connectivity index is 1.96. The molecular formula is C20H17N3O2S3. The molecule has 1 N–H and O–H groups in total. The van der Waals surface area contributed by atoms with Gasteiger partial charge in [-0.05, 0) is 30.5 Å². The fourth-order valence-corrected chi connectivity index (χ4v) is 5.67. The number of carbonyl (C=O) groups is 1. The predicted molar refractivity (Wildman–Crippen MR) is 118 cm³/mol. The van der Waals surface area contributed by atoms with Gasteiger partial charge in [-0.3, -0.25) is 14.2 Å². The number of nitrogens with zero attached hydrogens (tertiary/aromatic N) is 2. The minimum absolute atomic E-state index is 0.107. The number of carbonyl (C=O) groups excluding carboxylic acids is 1. The van der Waals surface area contributed by atoms with Gasteiger partial charge in [0, 0.05) is 22.9 Å². The van der Waals surface area contributed by atoms with Crippen LogP contribution in [0.3, 0.4) is 0 Å². The molecule has 0 spiro atoms. The summed E-state index contributed by atoms with van der Waals surface area (Å²) in [7, 11) is 1.60. The van der Waals surface area contributed by atoms with E-state index in [9.17, 15) is 9.59 Å². The lowest BCUT2D eigenvalue weighted by molar-refractivity contribution is -0.119. The van der Waals surface area contributed by atoms with Crippen molar-refractivity contribution in [2.24, 2.45) is 0 Å². The molecule has 3 heterocycles. The van der Waals surface area contributed by atoms with E-state index in [-0.39, 0.29) is 16.7 Å². The van der Waals surface area contributed by atoms with Crippen molar-refractivity contribution >= 4 is 50.6 Å². The molecule has 142 valence electrons. The van der Waals surface area contributed by atoms with Gasteiger partial charge in [0.1, 0.15) is 4.83 Å². The zero-order valence-corrected chi connectivity index (χ0v) is 17.7.